The summed E-state index contributed by atoms with van der Waals surface area (Å²) in [6.45, 7) is 1.90. The summed E-state index contributed by atoms with van der Waals surface area (Å²) in [6.07, 6.45) is -4.91. The lowest BCUT2D eigenvalue weighted by Gasteiger charge is -2.28. The van der Waals surface area contributed by atoms with Gasteiger partial charge in [-0.3, -0.25) is 4.79 Å². The van der Waals surface area contributed by atoms with Gasteiger partial charge in [-0.15, -0.1) is 0 Å². The van der Waals surface area contributed by atoms with Crippen molar-refractivity contribution in [3.63, 3.8) is 0 Å². The summed E-state index contributed by atoms with van der Waals surface area (Å²) in [5.74, 6) is -2.34. The molecule has 0 aliphatic carbocycles. The van der Waals surface area contributed by atoms with E-state index in [1.165, 1.54) is 36.4 Å². The molecule has 0 fully saturated rings. The fourth-order valence-corrected chi connectivity index (χ4v) is 4.41. The molecule has 13 heteroatoms. The number of hydrogen-bond acceptors (Lipinski definition) is 7. The van der Waals surface area contributed by atoms with Gasteiger partial charge in [-0.2, -0.15) is 32.1 Å². The van der Waals surface area contributed by atoms with Gasteiger partial charge in [0, 0.05) is 11.8 Å². The number of nitrogens with zero attached hydrogens (tertiary/aromatic N) is 2. The van der Waals surface area contributed by atoms with Gasteiger partial charge in [-0.25, -0.2) is 8.57 Å². The van der Waals surface area contributed by atoms with Crippen LogP contribution in [-0.4, -0.2) is 26.5 Å². The second kappa shape index (κ2) is 11.1. The van der Waals surface area contributed by atoms with E-state index in [1.54, 1.807) is 13.0 Å². The van der Waals surface area contributed by atoms with E-state index >= 15 is 0 Å². The number of carbonyl (C=O) groups excluding carboxylic acids is 1. The van der Waals surface area contributed by atoms with Crippen molar-refractivity contribution in [3.05, 3.63) is 88.7 Å². The van der Waals surface area contributed by atoms with Gasteiger partial charge in [0.05, 0.1) is 27.7 Å². The molecular formula is C26H19F4N3O5S. The molecule has 0 unspecified atom stereocenters. The molecule has 0 aliphatic heterocycles. The predicted octanol–water partition coefficient (Wildman–Crippen LogP) is 5.08. The van der Waals surface area contributed by atoms with Gasteiger partial charge in [0.25, 0.3) is 16.0 Å². The molecule has 0 spiro atoms. The number of anilines is 1. The van der Waals surface area contributed by atoms with Crippen LogP contribution >= 0.6 is 0 Å². The minimum absolute atomic E-state index is 0.181. The number of rotatable bonds is 8. The molecule has 8 nitrogen and oxygen atoms in total. The van der Waals surface area contributed by atoms with Gasteiger partial charge in [-0.1, -0.05) is 17.7 Å². The first-order valence-electron chi connectivity index (χ1n) is 11.0. The second-order valence-electron chi connectivity index (χ2n) is 8.45. The maximum Gasteiger partial charge on any atom is 0.417 e. The number of halogens is 4. The third-order valence-electron chi connectivity index (χ3n) is 5.36. The van der Waals surface area contributed by atoms with Gasteiger partial charge in [0.2, 0.25) is 0 Å². The number of amides is 1. The number of nitrogens with one attached hydrogen (secondary N) is 1. The molecule has 0 aromatic heterocycles. The minimum Gasteiger partial charge on any atom is -0.490 e. The lowest BCUT2D eigenvalue weighted by molar-refractivity contribution is -0.138. The molecule has 3 rings (SSSR count). The van der Waals surface area contributed by atoms with Crippen LogP contribution in [0.4, 0.5) is 23.2 Å². The molecule has 39 heavy (non-hydrogen) atoms. The molecule has 1 N–H and O–H groups in total. The van der Waals surface area contributed by atoms with E-state index in [0.29, 0.717) is 6.07 Å². The van der Waals surface area contributed by atoms with Crippen LogP contribution in [-0.2, 0) is 25.3 Å². The van der Waals surface area contributed by atoms with Crippen LogP contribution in [0.2, 0.25) is 0 Å². The van der Waals surface area contributed by atoms with E-state index in [0.717, 1.165) is 36.8 Å². The molecule has 1 amide bonds. The summed E-state index contributed by atoms with van der Waals surface area (Å²) in [5.41, 5.74) is -4.35. The Bertz CT molecular complexity index is 1590. The van der Waals surface area contributed by atoms with Crippen molar-refractivity contribution >= 4 is 21.7 Å². The Morgan fingerprint density at radius 3 is 2.15 bits per heavy atom. The first-order valence-corrected chi connectivity index (χ1v) is 12.4. The zero-order chi connectivity index (χ0) is 29.0. The van der Waals surface area contributed by atoms with Gasteiger partial charge in [0.15, 0.2) is 5.60 Å². The van der Waals surface area contributed by atoms with Crippen LogP contribution < -0.4 is 10.1 Å². The predicted molar refractivity (Wildman–Crippen MR) is 129 cm³/mol. The topological polar surface area (TPSA) is 129 Å². The highest BCUT2D eigenvalue weighted by Gasteiger charge is 2.42. The average molecular weight is 562 g/mol. The van der Waals surface area contributed by atoms with E-state index in [9.17, 15) is 30.8 Å². The summed E-state index contributed by atoms with van der Waals surface area (Å²) in [6, 6.07) is 14.0. The molecule has 0 radical (unpaired) electrons. The summed E-state index contributed by atoms with van der Waals surface area (Å²) < 4.78 is 90.8. The molecular weight excluding hydrogens is 542 g/mol. The third kappa shape index (κ3) is 6.90. The first kappa shape index (κ1) is 29.1. The van der Waals surface area contributed by atoms with Crippen molar-refractivity contribution in [2.24, 2.45) is 0 Å². The summed E-state index contributed by atoms with van der Waals surface area (Å²) in [4.78, 5) is 12.9. The molecule has 0 aliphatic rings. The Labute approximate surface area is 221 Å². The molecule has 3 aromatic rings. The molecule has 3 aromatic carbocycles. The van der Waals surface area contributed by atoms with Crippen molar-refractivity contribution < 1.29 is 39.7 Å². The van der Waals surface area contributed by atoms with E-state index < -0.39 is 57.0 Å². The maximum atomic E-state index is 14.0. The van der Waals surface area contributed by atoms with Gasteiger partial charge < -0.3 is 10.1 Å². The van der Waals surface area contributed by atoms with Crippen molar-refractivity contribution in [1.82, 2.24) is 0 Å². The fraction of sp³-hybridized carbons (Fsp3) is 0.192. The maximum absolute atomic E-state index is 14.0. The Hall–Kier alpha value is -4.46. The Balaban J connectivity index is 1.97. The monoisotopic (exact) mass is 561 g/mol. The van der Waals surface area contributed by atoms with Crippen molar-refractivity contribution in [1.29, 1.82) is 10.5 Å². The van der Waals surface area contributed by atoms with Gasteiger partial charge in [0.1, 0.15) is 24.2 Å². The smallest absolute Gasteiger partial charge is 0.417 e. The molecule has 0 saturated heterocycles. The third-order valence-corrected chi connectivity index (χ3v) is 6.80. The van der Waals surface area contributed by atoms with Crippen LogP contribution in [0.25, 0.3) is 0 Å². The lowest BCUT2D eigenvalue weighted by atomic mass is 10.1. The van der Waals surface area contributed by atoms with E-state index in [2.05, 4.69) is 5.32 Å². The number of carbonyl (C=O) groups is 1. The number of aryl methyl sites for hydroxylation is 1. The Morgan fingerprint density at radius 1 is 0.974 bits per heavy atom. The molecule has 0 bridgehead atoms. The molecule has 0 saturated carbocycles. The van der Waals surface area contributed by atoms with Crippen molar-refractivity contribution in [2.75, 3.05) is 11.9 Å². The summed E-state index contributed by atoms with van der Waals surface area (Å²) in [7, 11) is -4.62. The number of hydrogen-bond donors (Lipinski definition) is 1. The second-order valence-corrected chi connectivity index (χ2v) is 9.99. The van der Waals surface area contributed by atoms with Crippen LogP contribution in [0.1, 0.15) is 29.2 Å². The van der Waals surface area contributed by atoms with E-state index in [4.69, 9.17) is 19.4 Å². The SMILES string of the molecule is Cc1ccc(S(=O)(=O)O[C@@](C)(COc2ccc(C#N)c(F)c2)C(=O)Nc2ccc(C#N)c(C(F)(F)F)c2)cc1. The van der Waals surface area contributed by atoms with Gasteiger partial charge in [-0.05, 0) is 56.3 Å². The largest absolute Gasteiger partial charge is 0.490 e. The number of benzene rings is 3. The number of alkyl halides is 3. The van der Waals surface area contributed by atoms with Gasteiger partial charge >= 0.3 is 6.18 Å². The molecule has 202 valence electrons. The Kier molecular flexibility index (Phi) is 8.29. The van der Waals surface area contributed by atoms with Crippen molar-refractivity contribution in [3.8, 4) is 17.9 Å². The molecule has 0 heterocycles. The van der Waals surface area contributed by atoms with E-state index in [-0.39, 0.29) is 16.2 Å². The quantitative estimate of drug-likeness (QED) is 0.300. The first-order chi connectivity index (χ1) is 18.2. The fourth-order valence-electron chi connectivity index (χ4n) is 3.24. The van der Waals surface area contributed by atoms with E-state index in [1.807, 2.05) is 0 Å². The van der Waals surface area contributed by atoms with Crippen molar-refractivity contribution in [2.45, 2.75) is 30.5 Å². The zero-order valence-electron chi connectivity index (χ0n) is 20.3. The normalized spacial score (nSPS) is 13.0. The lowest BCUT2D eigenvalue weighted by Crippen LogP contribution is -2.49. The standard InChI is InChI=1S/C26H19F4N3O5S/c1-16-3-9-21(10-4-16)39(35,36)38-25(2,15-37-20-8-6-18(14-32)23(27)12-20)24(34)33-19-7-5-17(13-31)22(11-19)26(28,29)30/h3-12H,15H2,1-2H3,(H,33,34)/t25-/m0/s1. The summed E-state index contributed by atoms with van der Waals surface area (Å²) >= 11 is 0. The van der Waals surface area contributed by atoms with Crippen LogP contribution in [0, 0.1) is 35.4 Å². The highest BCUT2D eigenvalue weighted by Crippen LogP contribution is 2.34. The highest BCUT2D eigenvalue weighted by atomic mass is 32.2. The van der Waals surface area contributed by atoms with Crippen LogP contribution in [0.3, 0.4) is 0 Å². The zero-order valence-corrected chi connectivity index (χ0v) is 21.2. The van der Waals surface area contributed by atoms with Crippen LogP contribution in [0.5, 0.6) is 5.75 Å². The Morgan fingerprint density at radius 2 is 1.59 bits per heavy atom. The molecule has 1 atom stereocenters. The highest BCUT2D eigenvalue weighted by molar-refractivity contribution is 7.86. The summed E-state index contributed by atoms with van der Waals surface area (Å²) in [5, 5.41) is 20.0. The number of nitriles is 2. The number of ether oxygens (including phenoxy) is 1. The average Bonchev–Trinajstić information content (AvgIpc) is 2.87. The van der Waals surface area contributed by atoms with Crippen LogP contribution in [0.15, 0.2) is 65.6 Å². The minimum atomic E-state index is -4.91.